The Kier molecular flexibility index (Phi) is 3.93. The third kappa shape index (κ3) is 3.93. The smallest absolute Gasteiger partial charge is 0.251 e. The number of carbonyl (C=O) groups is 1. The zero-order chi connectivity index (χ0) is 12.2. The lowest BCUT2D eigenvalue weighted by Gasteiger charge is -2.18. The van der Waals surface area contributed by atoms with E-state index < -0.39 is 0 Å². The van der Waals surface area contributed by atoms with Gasteiger partial charge >= 0.3 is 0 Å². The third-order valence-corrected chi connectivity index (χ3v) is 2.22. The van der Waals surface area contributed by atoms with Crippen molar-refractivity contribution in [2.45, 2.75) is 20.8 Å². The lowest BCUT2D eigenvalue weighted by Crippen LogP contribution is -2.32. The van der Waals surface area contributed by atoms with Crippen LogP contribution < -0.4 is 10.6 Å². The first kappa shape index (κ1) is 12.6. The minimum Gasteiger partial charge on any atom is -0.388 e. The van der Waals surface area contributed by atoms with E-state index in [4.69, 9.17) is 0 Å². The van der Waals surface area contributed by atoms with Gasteiger partial charge in [0, 0.05) is 24.8 Å². The van der Waals surface area contributed by atoms with E-state index in [0.717, 1.165) is 5.69 Å². The maximum Gasteiger partial charge on any atom is 0.251 e. The highest BCUT2D eigenvalue weighted by atomic mass is 16.1. The average Bonchev–Trinajstić information content (AvgIpc) is 2.25. The van der Waals surface area contributed by atoms with Crippen molar-refractivity contribution in [2.24, 2.45) is 5.41 Å². The van der Waals surface area contributed by atoms with E-state index in [-0.39, 0.29) is 11.3 Å². The molecule has 16 heavy (non-hydrogen) atoms. The number of hydrogen-bond acceptors (Lipinski definition) is 2. The summed E-state index contributed by atoms with van der Waals surface area (Å²) in [5.41, 5.74) is 1.82. The standard InChI is InChI=1S/C13H20N2O/c1-13(2,3)9-15-12(16)10-5-7-11(14-4)8-6-10/h5-8,14H,9H2,1-4H3,(H,15,16). The fourth-order valence-electron chi connectivity index (χ4n) is 1.24. The normalized spacial score (nSPS) is 11.0. The molecule has 3 nitrogen and oxygen atoms in total. The van der Waals surface area contributed by atoms with Gasteiger partial charge in [-0.05, 0) is 29.7 Å². The molecule has 2 N–H and O–H groups in total. The number of benzene rings is 1. The van der Waals surface area contributed by atoms with Gasteiger partial charge in [-0.25, -0.2) is 0 Å². The highest BCUT2D eigenvalue weighted by Gasteiger charge is 2.12. The first-order valence-corrected chi connectivity index (χ1v) is 5.48. The van der Waals surface area contributed by atoms with Gasteiger partial charge in [0.1, 0.15) is 0 Å². The summed E-state index contributed by atoms with van der Waals surface area (Å²) in [5, 5.41) is 5.93. The number of amides is 1. The fourth-order valence-corrected chi connectivity index (χ4v) is 1.24. The second-order valence-electron chi connectivity index (χ2n) is 5.07. The van der Waals surface area contributed by atoms with Crippen molar-refractivity contribution in [3.05, 3.63) is 29.8 Å². The second-order valence-corrected chi connectivity index (χ2v) is 5.07. The molecule has 0 atom stereocenters. The van der Waals surface area contributed by atoms with E-state index in [0.29, 0.717) is 12.1 Å². The van der Waals surface area contributed by atoms with E-state index in [1.807, 2.05) is 31.3 Å². The zero-order valence-electron chi connectivity index (χ0n) is 10.4. The molecular formula is C13H20N2O. The molecule has 3 heteroatoms. The number of carbonyl (C=O) groups excluding carboxylic acids is 1. The molecule has 0 aliphatic carbocycles. The molecule has 0 fully saturated rings. The summed E-state index contributed by atoms with van der Waals surface area (Å²) in [7, 11) is 1.86. The Balaban J connectivity index is 2.59. The molecule has 0 aromatic heterocycles. The molecule has 1 aromatic rings. The lowest BCUT2D eigenvalue weighted by molar-refractivity contribution is 0.0939. The van der Waals surface area contributed by atoms with Gasteiger partial charge in [0.15, 0.2) is 0 Å². The number of nitrogens with one attached hydrogen (secondary N) is 2. The zero-order valence-corrected chi connectivity index (χ0v) is 10.4. The lowest BCUT2D eigenvalue weighted by atomic mass is 9.97. The van der Waals surface area contributed by atoms with Crippen LogP contribution in [0.4, 0.5) is 5.69 Å². The van der Waals surface area contributed by atoms with Gasteiger partial charge in [-0.15, -0.1) is 0 Å². The molecule has 0 unspecified atom stereocenters. The molecule has 0 bridgehead atoms. The molecule has 1 amide bonds. The second kappa shape index (κ2) is 5.01. The summed E-state index contributed by atoms with van der Waals surface area (Å²) in [6.45, 7) is 6.96. The molecule has 1 aromatic carbocycles. The molecular weight excluding hydrogens is 200 g/mol. The van der Waals surface area contributed by atoms with Crippen LogP contribution in [0.3, 0.4) is 0 Å². The number of rotatable bonds is 3. The molecule has 0 spiro atoms. The Bertz CT molecular complexity index is 349. The first-order valence-electron chi connectivity index (χ1n) is 5.48. The fraction of sp³-hybridized carbons (Fsp3) is 0.462. The van der Waals surface area contributed by atoms with Crippen molar-refractivity contribution in [2.75, 3.05) is 18.9 Å². The van der Waals surface area contributed by atoms with E-state index >= 15 is 0 Å². The molecule has 1 rings (SSSR count). The van der Waals surface area contributed by atoms with E-state index in [2.05, 4.69) is 31.4 Å². The van der Waals surface area contributed by atoms with Crippen molar-refractivity contribution in [3.8, 4) is 0 Å². The van der Waals surface area contributed by atoms with Gasteiger partial charge in [0.25, 0.3) is 5.91 Å². The molecule has 0 heterocycles. The van der Waals surface area contributed by atoms with Crippen LogP contribution in [0, 0.1) is 5.41 Å². The van der Waals surface area contributed by atoms with Crippen LogP contribution in [-0.4, -0.2) is 19.5 Å². The van der Waals surface area contributed by atoms with Gasteiger partial charge in [0.2, 0.25) is 0 Å². The molecule has 0 radical (unpaired) electrons. The Hall–Kier alpha value is -1.51. The third-order valence-electron chi connectivity index (χ3n) is 2.22. The topological polar surface area (TPSA) is 41.1 Å². The molecule has 88 valence electrons. The predicted octanol–water partition coefficient (Wildman–Crippen LogP) is 2.50. The van der Waals surface area contributed by atoms with Crippen LogP contribution >= 0.6 is 0 Å². The van der Waals surface area contributed by atoms with Gasteiger partial charge in [-0.1, -0.05) is 20.8 Å². The van der Waals surface area contributed by atoms with Crippen molar-refractivity contribution < 1.29 is 4.79 Å². The number of hydrogen-bond donors (Lipinski definition) is 2. The minimum atomic E-state index is -0.0161. The van der Waals surface area contributed by atoms with Crippen LogP contribution in [0.1, 0.15) is 31.1 Å². The monoisotopic (exact) mass is 220 g/mol. The summed E-state index contributed by atoms with van der Waals surface area (Å²) in [5.74, 6) is -0.0161. The van der Waals surface area contributed by atoms with E-state index in [9.17, 15) is 4.79 Å². The summed E-state index contributed by atoms with van der Waals surface area (Å²) >= 11 is 0. The highest BCUT2D eigenvalue weighted by Crippen LogP contribution is 2.12. The largest absolute Gasteiger partial charge is 0.388 e. The summed E-state index contributed by atoms with van der Waals surface area (Å²) in [6, 6.07) is 7.44. The molecule has 0 aliphatic rings. The van der Waals surface area contributed by atoms with Gasteiger partial charge in [-0.3, -0.25) is 4.79 Å². The van der Waals surface area contributed by atoms with E-state index in [1.165, 1.54) is 0 Å². The summed E-state index contributed by atoms with van der Waals surface area (Å²) in [4.78, 5) is 11.8. The Labute approximate surface area is 97.2 Å². The van der Waals surface area contributed by atoms with Gasteiger partial charge < -0.3 is 10.6 Å². The molecule has 0 saturated carbocycles. The van der Waals surface area contributed by atoms with Gasteiger partial charge in [0.05, 0.1) is 0 Å². The first-order chi connectivity index (χ1) is 7.42. The van der Waals surface area contributed by atoms with Crippen LogP contribution in [0.5, 0.6) is 0 Å². The van der Waals surface area contributed by atoms with Crippen LogP contribution in [-0.2, 0) is 0 Å². The Morgan fingerprint density at radius 1 is 1.19 bits per heavy atom. The van der Waals surface area contributed by atoms with Crippen LogP contribution in [0.2, 0.25) is 0 Å². The molecule has 0 saturated heterocycles. The highest BCUT2D eigenvalue weighted by molar-refractivity contribution is 5.94. The quantitative estimate of drug-likeness (QED) is 0.821. The maximum atomic E-state index is 11.8. The summed E-state index contributed by atoms with van der Waals surface area (Å²) < 4.78 is 0. The predicted molar refractivity (Wildman–Crippen MR) is 67.8 cm³/mol. The SMILES string of the molecule is CNc1ccc(C(=O)NCC(C)(C)C)cc1. The molecule has 0 aliphatic heterocycles. The van der Waals surface area contributed by atoms with Crippen molar-refractivity contribution in [3.63, 3.8) is 0 Å². The van der Waals surface area contributed by atoms with Crippen molar-refractivity contribution in [1.82, 2.24) is 5.32 Å². The van der Waals surface area contributed by atoms with Crippen LogP contribution in [0.15, 0.2) is 24.3 Å². The maximum absolute atomic E-state index is 11.8. The Morgan fingerprint density at radius 3 is 2.19 bits per heavy atom. The van der Waals surface area contributed by atoms with Gasteiger partial charge in [-0.2, -0.15) is 0 Å². The van der Waals surface area contributed by atoms with E-state index in [1.54, 1.807) is 0 Å². The Morgan fingerprint density at radius 2 is 1.75 bits per heavy atom. The number of anilines is 1. The minimum absolute atomic E-state index is 0.0161. The summed E-state index contributed by atoms with van der Waals surface area (Å²) in [6.07, 6.45) is 0. The van der Waals surface area contributed by atoms with Crippen molar-refractivity contribution >= 4 is 11.6 Å². The van der Waals surface area contributed by atoms with Crippen molar-refractivity contribution in [1.29, 1.82) is 0 Å². The van der Waals surface area contributed by atoms with Crippen LogP contribution in [0.25, 0.3) is 0 Å². The average molecular weight is 220 g/mol.